The van der Waals surface area contributed by atoms with Crippen molar-refractivity contribution in [1.82, 2.24) is 5.16 Å². The zero-order chi connectivity index (χ0) is 23.0. The van der Waals surface area contributed by atoms with Gasteiger partial charge in [-0.05, 0) is 62.7 Å². The van der Waals surface area contributed by atoms with E-state index >= 15 is 0 Å². The highest BCUT2D eigenvalue weighted by Gasteiger charge is 2.48. The summed E-state index contributed by atoms with van der Waals surface area (Å²) in [6.45, 7) is 5.53. The molecular formula is C24H21BrN2O5. The Kier molecular flexibility index (Phi) is 5.88. The summed E-state index contributed by atoms with van der Waals surface area (Å²) >= 11 is 3.43. The third-order valence-corrected chi connectivity index (χ3v) is 5.46. The Morgan fingerprint density at radius 2 is 1.88 bits per heavy atom. The third-order valence-electron chi connectivity index (χ3n) is 4.97. The Hall–Kier alpha value is -3.39. The first-order valence-electron chi connectivity index (χ1n) is 10.0. The molecule has 0 spiro atoms. The normalized spacial score (nSPS) is 17.9. The van der Waals surface area contributed by atoms with Crippen molar-refractivity contribution in [1.29, 1.82) is 0 Å². The van der Waals surface area contributed by atoms with Crippen molar-refractivity contribution in [2.24, 2.45) is 0 Å². The van der Waals surface area contributed by atoms with Gasteiger partial charge in [-0.3, -0.25) is 14.5 Å². The number of nitrogens with zero attached hydrogens (tertiary/aromatic N) is 2. The van der Waals surface area contributed by atoms with Crippen molar-refractivity contribution < 1.29 is 24.0 Å². The number of carbonyl (C=O) groups is 2. The summed E-state index contributed by atoms with van der Waals surface area (Å²) in [5, 5.41) is 15.1. The number of ketones is 1. The lowest BCUT2D eigenvalue weighted by atomic mass is 9.95. The van der Waals surface area contributed by atoms with E-state index in [1.165, 1.54) is 4.90 Å². The average molecular weight is 497 g/mol. The minimum absolute atomic E-state index is 0.00205. The van der Waals surface area contributed by atoms with Crippen molar-refractivity contribution >= 4 is 39.2 Å². The number of hydrogen-bond acceptors (Lipinski definition) is 6. The summed E-state index contributed by atoms with van der Waals surface area (Å²) < 4.78 is 11.5. The van der Waals surface area contributed by atoms with Gasteiger partial charge in [-0.1, -0.05) is 33.2 Å². The second kappa shape index (κ2) is 8.63. The van der Waals surface area contributed by atoms with Gasteiger partial charge in [0.25, 0.3) is 5.78 Å². The molecule has 0 radical (unpaired) electrons. The largest absolute Gasteiger partial charge is 0.507 e. The van der Waals surface area contributed by atoms with Crippen LogP contribution in [0.5, 0.6) is 5.75 Å². The molecule has 7 nitrogen and oxygen atoms in total. The number of aromatic nitrogens is 1. The Morgan fingerprint density at radius 1 is 1.16 bits per heavy atom. The van der Waals surface area contributed by atoms with Gasteiger partial charge in [-0.15, -0.1) is 0 Å². The van der Waals surface area contributed by atoms with Crippen LogP contribution >= 0.6 is 15.9 Å². The first kappa shape index (κ1) is 21.8. The summed E-state index contributed by atoms with van der Waals surface area (Å²) in [6.07, 6.45) is 0.00205. The van der Waals surface area contributed by atoms with Crippen molar-refractivity contribution in [2.45, 2.75) is 32.9 Å². The third kappa shape index (κ3) is 4.05. The van der Waals surface area contributed by atoms with Crippen molar-refractivity contribution in [2.75, 3.05) is 4.90 Å². The van der Waals surface area contributed by atoms with Gasteiger partial charge in [-0.2, -0.15) is 0 Å². The molecule has 0 saturated carbocycles. The van der Waals surface area contributed by atoms with E-state index in [0.29, 0.717) is 22.6 Å². The molecule has 1 aromatic heterocycles. The molecule has 1 atom stereocenters. The molecule has 1 fully saturated rings. The molecule has 0 unspecified atom stereocenters. The molecule has 1 aliphatic rings. The van der Waals surface area contributed by atoms with Gasteiger partial charge in [0.05, 0.1) is 17.7 Å². The minimum Gasteiger partial charge on any atom is -0.507 e. The number of carbonyl (C=O) groups excluding carboxylic acids is 2. The van der Waals surface area contributed by atoms with Crippen LogP contribution in [0.2, 0.25) is 0 Å². The predicted molar refractivity (Wildman–Crippen MR) is 122 cm³/mol. The van der Waals surface area contributed by atoms with Gasteiger partial charge in [0, 0.05) is 16.1 Å². The Balaban J connectivity index is 1.86. The van der Waals surface area contributed by atoms with E-state index in [1.807, 2.05) is 19.9 Å². The first-order chi connectivity index (χ1) is 15.3. The standard InChI is InChI=1S/C24H21BrN2O5/c1-13(2)31-18-9-7-15(8-10-18)22(28)20-21(16-5-4-6-17(25)12-16)27(24(30)23(20)29)19-11-14(3)32-26-19/h4-13,21,28H,1-3H3/b22-20+/t21-/m0/s1. The Morgan fingerprint density at radius 3 is 2.47 bits per heavy atom. The minimum atomic E-state index is -0.872. The van der Waals surface area contributed by atoms with E-state index in [1.54, 1.807) is 55.5 Å². The highest BCUT2D eigenvalue weighted by molar-refractivity contribution is 9.10. The Labute approximate surface area is 193 Å². The van der Waals surface area contributed by atoms with Crippen LogP contribution < -0.4 is 9.64 Å². The van der Waals surface area contributed by atoms with E-state index < -0.39 is 17.7 Å². The van der Waals surface area contributed by atoms with Crippen LogP contribution in [-0.2, 0) is 9.59 Å². The maximum absolute atomic E-state index is 13.1. The lowest BCUT2D eigenvalue weighted by molar-refractivity contribution is -0.132. The number of rotatable bonds is 5. The van der Waals surface area contributed by atoms with Crippen molar-refractivity contribution in [3.05, 3.63) is 81.5 Å². The fraction of sp³-hybridized carbons (Fsp3) is 0.208. The summed E-state index contributed by atoms with van der Waals surface area (Å²) in [7, 11) is 0. The Bertz CT molecular complexity index is 1210. The molecular weight excluding hydrogens is 476 g/mol. The van der Waals surface area contributed by atoms with Crippen LogP contribution in [-0.4, -0.2) is 28.1 Å². The summed E-state index contributed by atoms with van der Waals surface area (Å²) in [5.74, 6) is -0.518. The van der Waals surface area contributed by atoms with Gasteiger partial charge < -0.3 is 14.4 Å². The quantitative estimate of drug-likeness (QED) is 0.298. The summed E-state index contributed by atoms with van der Waals surface area (Å²) in [5.41, 5.74) is 1.02. The van der Waals surface area contributed by atoms with Crippen LogP contribution in [0.15, 0.2) is 69.2 Å². The predicted octanol–water partition coefficient (Wildman–Crippen LogP) is 5.16. The van der Waals surface area contributed by atoms with Gasteiger partial charge in [0.1, 0.15) is 17.3 Å². The van der Waals surface area contributed by atoms with Gasteiger partial charge >= 0.3 is 5.91 Å². The number of ether oxygens (including phenoxy) is 1. The van der Waals surface area contributed by atoms with E-state index in [0.717, 1.165) is 4.47 Å². The van der Waals surface area contributed by atoms with E-state index in [-0.39, 0.29) is 23.3 Å². The van der Waals surface area contributed by atoms with Crippen molar-refractivity contribution in [3.8, 4) is 5.75 Å². The zero-order valence-corrected chi connectivity index (χ0v) is 19.3. The number of benzene rings is 2. The van der Waals surface area contributed by atoms with Gasteiger partial charge in [0.2, 0.25) is 0 Å². The molecule has 2 heterocycles. The maximum atomic E-state index is 13.1. The lowest BCUT2D eigenvalue weighted by Gasteiger charge is -2.23. The highest BCUT2D eigenvalue weighted by atomic mass is 79.9. The monoisotopic (exact) mass is 496 g/mol. The lowest BCUT2D eigenvalue weighted by Crippen LogP contribution is -2.29. The molecule has 2 aromatic carbocycles. The number of hydrogen-bond donors (Lipinski definition) is 1. The number of amides is 1. The van der Waals surface area contributed by atoms with Crippen LogP contribution in [0.3, 0.4) is 0 Å². The average Bonchev–Trinajstić information content (AvgIpc) is 3.28. The molecule has 1 amide bonds. The molecule has 1 N–H and O–H groups in total. The molecule has 1 aliphatic heterocycles. The molecule has 32 heavy (non-hydrogen) atoms. The fourth-order valence-corrected chi connectivity index (χ4v) is 4.06. The first-order valence-corrected chi connectivity index (χ1v) is 10.8. The SMILES string of the molecule is Cc1cc(N2C(=O)C(=O)/C(=C(/O)c3ccc(OC(C)C)cc3)[C@@H]2c2cccc(Br)c2)no1. The molecule has 8 heteroatoms. The van der Waals surface area contributed by atoms with E-state index in [9.17, 15) is 14.7 Å². The fourth-order valence-electron chi connectivity index (χ4n) is 3.65. The zero-order valence-electron chi connectivity index (χ0n) is 17.7. The molecule has 1 saturated heterocycles. The number of halogens is 1. The van der Waals surface area contributed by atoms with Crippen LogP contribution in [0.4, 0.5) is 5.82 Å². The van der Waals surface area contributed by atoms with Gasteiger partial charge in [0.15, 0.2) is 5.82 Å². The van der Waals surface area contributed by atoms with E-state index in [2.05, 4.69) is 21.1 Å². The molecule has 3 aromatic rings. The highest BCUT2D eigenvalue weighted by Crippen LogP contribution is 2.42. The number of aliphatic hydroxyl groups is 1. The molecule has 164 valence electrons. The summed E-state index contributed by atoms with van der Waals surface area (Å²) in [4.78, 5) is 27.4. The molecule has 0 aliphatic carbocycles. The van der Waals surface area contributed by atoms with Crippen LogP contribution in [0, 0.1) is 6.92 Å². The number of aryl methyl sites for hydroxylation is 1. The van der Waals surface area contributed by atoms with E-state index in [4.69, 9.17) is 9.26 Å². The topological polar surface area (TPSA) is 92.9 Å². The van der Waals surface area contributed by atoms with Gasteiger partial charge in [-0.25, -0.2) is 0 Å². The van der Waals surface area contributed by atoms with Crippen molar-refractivity contribution in [3.63, 3.8) is 0 Å². The smallest absolute Gasteiger partial charge is 0.301 e. The van der Waals surface area contributed by atoms with Crippen LogP contribution in [0.1, 0.15) is 36.8 Å². The number of anilines is 1. The second-order valence-electron chi connectivity index (χ2n) is 7.71. The number of aliphatic hydroxyl groups excluding tert-OH is 1. The molecule has 4 rings (SSSR count). The maximum Gasteiger partial charge on any atom is 0.301 e. The summed E-state index contributed by atoms with van der Waals surface area (Å²) in [6, 6.07) is 14.6. The van der Waals surface area contributed by atoms with Crippen LogP contribution in [0.25, 0.3) is 5.76 Å². The second-order valence-corrected chi connectivity index (χ2v) is 8.63. The molecule has 0 bridgehead atoms. The number of Topliss-reactive ketones (excluding diaryl/α,β-unsaturated/α-hetero) is 1.